The van der Waals surface area contributed by atoms with Crippen LogP contribution >= 0.6 is 15.9 Å². The van der Waals surface area contributed by atoms with E-state index in [0.717, 1.165) is 16.7 Å². The van der Waals surface area contributed by atoms with Crippen molar-refractivity contribution in [1.29, 1.82) is 0 Å². The van der Waals surface area contributed by atoms with Gasteiger partial charge in [-0.3, -0.25) is 9.48 Å². The molecule has 12 heavy (non-hydrogen) atoms. The fourth-order valence-electron chi connectivity index (χ4n) is 0.936. The highest BCUT2D eigenvalue weighted by atomic mass is 79.9. The number of hydrogen-bond acceptors (Lipinski definition) is 2. The first kappa shape index (κ1) is 9.25. The molecule has 1 aromatic rings. The number of hydrogen-bond donors (Lipinski definition) is 1. The molecule has 0 saturated heterocycles. The third-order valence-electron chi connectivity index (χ3n) is 1.51. The first-order valence-corrected chi connectivity index (χ1v) is 4.43. The van der Waals surface area contributed by atoms with Gasteiger partial charge in [0.1, 0.15) is 4.60 Å². The molecule has 4 nitrogen and oxygen atoms in total. The largest absolute Gasteiger partial charge is 0.369 e. The van der Waals surface area contributed by atoms with E-state index in [1.54, 1.807) is 10.9 Å². The Bertz CT molecular complexity index is 295. The van der Waals surface area contributed by atoms with E-state index in [-0.39, 0.29) is 12.3 Å². The number of nitrogens with two attached hydrogens (primary N) is 1. The molecule has 0 atom stereocenters. The summed E-state index contributed by atoms with van der Waals surface area (Å²) in [5.74, 6) is -0.341. The maximum absolute atomic E-state index is 10.6. The molecule has 0 aliphatic rings. The highest BCUT2D eigenvalue weighted by Gasteiger charge is 2.08. The van der Waals surface area contributed by atoms with Crippen LogP contribution in [0.3, 0.4) is 0 Å². The van der Waals surface area contributed by atoms with Gasteiger partial charge in [-0.2, -0.15) is 5.10 Å². The van der Waals surface area contributed by atoms with Gasteiger partial charge in [0.15, 0.2) is 0 Å². The van der Waals surface area contributed by atoms with Crippen LogP contribution in [0.2, 0.25) is 0 Å². The summed E-state index contributed by atoms with van der Waals surface area (Å²) in [7, 11) is 0. The molecule has 0 radical (unpaired) electrons. The van der Waals surface area contributed by atoms with Gasteiger partial charge in [0.05, 0.1) is 12.6 Å². The number of rotatable bonds is 3. The first-order chi connectivity index (χ1) is 5.65. The molecule has 1 aromatic heterocycles. The summed E-state index contributed by atoms with van der Waals surface area (Å²) in [6.45, 7) is 2.76. The maximum Gasteiger partial charge on any atom is 0.222 e. The molecular weight excluding hydrogens is 222 g/mol. The van der Waals surface area contributed by atoms with Crippen LogP contribution < -0.4 is 5.73 Å². The van der Waals surface area contributed by atoms with Gasteiger partial charge in [-0.05, 0) is 22.9 Å². The molecule has 66 valence electrons. The van der Waals surface area contributed by atoms with E-state index in [0.29, 0.717) is 0 Å². The Morgan fingerprint density at radius 1 is 1.83 bits per heavy atom. The summed E-state index contributed by atoms with van der Waals surface area (Å²) >= 11 is 3.33. The summed E-state index contributed by atoms with van der Waals surface area (Å²) in [6.07, 6.45) is 1.89. The number of nitrogens with zero attached hydrogens (tertiary/aromatic N) is 2. The summed E-state index contributed by atoms with van der Waals surface area (Å²) in [5.41, 5.74) is 5.88. The minimum Gasteiger partial charge on any atom is -0.369 e. The van der Waals surface area contributed by atoms with Gasteiger partial charge in [0, 0.05) is 12.1 Å². The van der Waals surface area contributed by atoms with Crippen LogP contribution in [0.1, 0.15) is 12.5 Å². The van der Waals surface area contributed by atoms with Crippen LogP contribution in [0.15, 0.2) is 10.8 Å². The molecule has 0 fully saturated rings. The van der Waals surface area contributed by atoms with Gasteiger partial charge in [-0.15, -0.1) is 0 Å². The van der Waals surface area contributed by atoms with Crippen LogP contribution in [0, 0.1) is 0 Å². The number of halogens is 1. The number of carbonyl (C=O) groups is 1. The summed E-state index contributed by atoms with van der Waals surface area (Å²) < 4.78 is 2.60. The molecular formula is C7H10BrN3O. The van der Waals surface area contributed by atoms with Crippen molar-refractivity contribution >= 4 is 21.8 Å². The normalized spacial score (nSPS) is 10.2. The van der Waals surface area contributed by atoms with E-state index in [2.05, 4.69) is 21.0 Å². The minimum atomic E-state index is -0.341. The van der Waals surface area contributed by atoms with E-state index in [1.807, 2.05) is 6.92 Å². The van der Waals surface area contributed by atoms with Gasteiger partial charge in [0.2, 0.25) is 5.91 Å². The van der Waals surface area contributed by atoms with Crippen molar-refractivity contribution in [3.8, 4) is 0 Å². The maximum atomic E-state index is 10.6. The Morgan fingerprint density at radius 3 is 2.92 bits per heavy atom. The fourth-order valence-corrected chi connectivity index (χ4v) is 1.52. The Labute approximate surface area is 78.9 Å². The number of primary amides is 1. The number of carbonyl (C=O) groups excluding carboxylic acids is 1. The second kappa shape index (κ2) is 3.71. The van der Waals surface area contributed by atoms with Crippen molar-refractivity contribution in [3.63, 3.8) is 0 Å². The summed E-state index contributed by atoms with van der Waals surface area (Å²) in [6, 6.07) is 0. The number of aromatic nitrogens is 2. The first-order valence-electron chi connectivity index (χ1n) is 3.63. The van der Waals surface area contributed by atoms with Crippen LogP contribution in [-0.2, 0) is 17.8 Å². The Balaban J connectivity index is 2.87. The second-order valence-corrected chi connectivity index (χ2v) is 3.17. The predicted molar refractivity (Wildman–Crippen MR) is 48.5 cm³/mol. The standard InChI is InChI=1S/C7H10BrN3O/c1-2-11-7(8)5(4-10-11)3-6(9)12/h4H,2-3H2,1H3,(H2,9,12). The third-order valence-corrected chi connectivity index (χ3v) is 2.43. The van der Waals surface area contributed by atoms with Gasteiger partial charge < -0.3 is 5.73 Å². The monoisotopic (exact) mass is 231 g/mol. The Morgan fingerprint density at radius 2 is 2.50 bits per heavy atom. The molecule has 0 unspecified atom stereocenters. The fraction of sp³-hybridized carbons (Fsp3) is 0.429. The smallest absolute Gasteiger partial charge is 0.222 e. The van der Waals surface area contributed by atoms with E-state index in [9.17, 15) is 4.79 Å². The molecule has 1 amide bonds. The van der Waals surface area contributed by atoms with Crippen molar-refractivity contribution in [3.05, 3.63) is 16.4 Å². The van der Waals surface area contributed by atoms with Gasteiger partial charge >= 0.3 is 0 Å². The van der Waals surface area contributed by atoms with Gasteiger partial charge in [0.25, 0.3) is 0 Å². The minimum absolute atomic E-state index is 0.237. The lowest BCUT2D eigenvalue weighted by atomic mass is 10.2. The van der Waals surface area contributed by atoms with E-state index >= 15 is 0 Å². The molecule has 0 aliphatic carbocycles. The average molecular weight is 232 g/mol. The lowest BCUT2D eigenvalue weighted by Gasteiger charge is -1.97. The molecule has 1 heterocycles. The summed E-state index contributed by atoms with van der Waals surface area (Å²) in [4.78, 5) is 10.6. The number of aryl methyl sites for hydroxylation is 1. The lowest BCUT2D eigenvalue weighted by Crippen LogP contribution is -2.13. The molecule has 5 heteroatoms. The van der Waals surface area contributed by atoms with Crippen molar-refractivity contribution in [2.45, 2.75) is 19.9 Å². The number of amides is 1. The molecule has 0 aromatic carbocycles. The Hall–Kier alpha value is -0.840. The third kappa shape index (κ3) is 1.85. The molecule has 2 N–H and O–H groups in total. The van der Waals surface area contributed by atoms with Crippen molar-refractivity contribution in [2.75, 3.05) is 0 Å². The zero-order valence-corrected chi connectivity index (χ0v) is 8.34. The van der Waals surface area contributed by atoms with Crippen molar-refractivity contribution in [2.24, 2.45) is 5.73 Å². The van der Waals surface area contributed by atoms with E-state index in [1.165, 1.54) is 0 Å². The van der Waals surface area contributed by atoms with Crippen LogP contribution in [-0.4, -0.2) is 15.7 Å². The van der Waals surface area contributed by atoms with Gasteiger partial charge in [-0.25, -0.2) is 0 Å². The highest BCUT2D eigenvalue weighted by Crippen LogP contribution is 2.16. The predicted octanol–water partition coefficient (Wildman–Crippen LogP) is 0.693. The lowest BCUT2D eigenvalue weighted by molar-refractivity contribution is -0.117. The molecule has 0 aliphatic heterocycles. The molecule has 0 saturated carbocycles. The SMILES string of the molecule is CCn1ncc(CC(N)=O)c1Br. The van der Waals surface area contributed by atoms with Crippen LogP contribution in [0.4, 0.5) is 0 Å². The van der Waals surface area contributed by atoms with Crippen LogP contribution in [0.5, 0.6) is 0 Å². The topological polar surface area (TPSA) is 60.9 Å². The average Bonchev–Trinajstić information content (AvgIpc) is 2.32. The molecule has 0 bridgehead atoms. The van der Waals surface area contributed by atoms with E-state index in [4.69, 9.17) is 5.73 Å². The van der Waals surface area contributed by atoms with E-state index < -0.39 is 0 Å². The zero-order valence-electron chi connectivity index (χ0n) is 6.75. The van der Waals surface area contributed by atoms with Crippen molar-refractivity contribution in [1.82, 2.24) is 9.78 Å². The summed E-state index contributed by atoms with van der Waals surface area (Å²) in [5, 5.41) is 4.05. The Kier molecular flexibility index (Phi) is 2.86. The van der Waals surface area contributed by atoms with Gasteiger partial charge in [-0.1, -0.05) is 0 Å². The quantitative estimate of drug-likeness (QED) is 0.833. The molecule has 0 spiro atoms. The zero-order chi connectivity index (χ0) is 9.14. The van der Waals surface area contributed by atoms with Crippen molar-refractivity contribution < 1.29 is 4.79 Å². The highest BCUT2D eigenvalue weighted by molar-refractivity contribution is 9.10. The molecule has 1 rings (SSSR count). The van der Waals surface area contributed by atoms with Crippen LogP contribution in [0.25, 0.3) is 0 Å². The second-order valence-electron chi connectivity index (χ2n) is 2.42.